The lowest BCUT2D eigenvalue weighted by Gasteiger charge is -2.05. The lowest BCUT2D eigenvalue weighted by molar-refractivity contribution is -0.116. The van der Waals surface area contributed by atoms with Gasteiger partial charge in [0, 0.05) is 6.42 Å². The standard InChI is InChI=1S/C11H22OS/c1-9(2)5-6-11(12)8-13-7-10(3)4/h9-10H,5-8H2,1-4H3. The normalized spacial score (nSPS) is 11.2. The Morgan fingerprint density at radius 1 is 1.15 bits per heavy atom. The maximum absolute atomic E-state index is 11.3. The van der Waals surface area contributed by atoms with Gasteiger partial charge in [0.25, 0.3) is 0 Å². The Balaban J connectivity index is 3.30. The number of hydrogen-bond donors (Lipinski definition) is 0. The van der Waals surface area contributed by atoms with Crippen LogP contribution in [0.15, 0.2) is 0 Å². The summed E-state index contributed by atoms with van der Waals surface area (Å²) in [4.78, 5) is 11.3. The largest absolute Gasteiger partial charge is 0.299 e. The molecular weight excluding hydrogens is 180 g/mol. The molecule has 0 aliphatic carbocycles. The molecule has 0 aromatic carbocycles. The van der Waals surface area contributed by atoms with E-state index in [-0.39, 0.29) is 0 Å². The van der Waals surface area contributed by atoms with Crippen molar-refractivity contribution in [3.63, 3.8) is 0 Å². The predicted molar refractivity (Wildman–Crippen MR) is 61.2 cm³/mol. The van der Waals surface area contributed by atoms with E-state index < -0.39 is 0 Å². The molecule has 0 atom stereocenters. The Kier molecular flexibility index (Phi) is 7.44. The van der Waals surface area contributed by atoms with Gasteiger partial charge in [-0.25, -0.2) is 0 Å². The van der Waals surface area contributed by atoms with Crippen LogP contribution in [0.3, 0.4) is 0 Å². The van der Waals surface area contributed by atoms with Crippen LogP contribution in [-0.4, -0.2) is 17.3 Å². The number of Topliss-reactive ketones (excluding diaryl/α,β-unsaturated/α-hetero) is 1. The van der Waals surface area contributed by atoms with E-state index in [4.69, 9.17) is 0 Å². The second-order valence-corrected chi connectivity index (χ2v) is 5.41. The van der Waals surface area contributed by atoms with Crippen molar-refractivity contribution in [3.05, 3.63) is 0 Å². The number of ketones is 1. The van der Waals surface area contributed by atoms with Gasteiger partial charge >= 0.3 is 0 Å². The van der Waals surface area contributed by atoms with E-state index in [2.05, 4.69) is 27.7 Å². The second-order valence-electron chi connectivity index (χ2n) is 4.38. The molecule has 0 amide bonds. The van der Waals surface area contributed by atoms with Crippen molar-refractivity contribution in [2.24, 2.45) is 11.8 Å². The van der Waals surface area contributed by atoms with Crippen molar-refractivity contribution >= 4 is 17.5 Å². The highest BCUT2D eigenvalue weighted by molar-refractivity contribution is 7.99. The number of carbonyl (C=O) groups is 1. The average Bonchev–Trinajstić information content (AvgIpc) is 2.00. The van der Waals surface area contributed by atoms with E-state index in [1.807, 2.05) is 0 Å². The highest BCUT2D eigenvalue weighted by Gasteiger charge is 2.04. The van der Waals surface area contributed by atoms with Gasteiger partial charge in [-0.1, -0.05) is 27.7 Å². The molecule has 0 rings (SSSR count). The summed E-state index contributed by atoms with van der Waals surface area (Å²) < 4.78 is 0. The van der Waals surface area contributed by atoms with E-state index in [0.717, 1.165) is 18.6 Å². The molecule has 2 heteroatoms. The third-order valence-electron chi connectivity index (χ3n) is 1.71. The molecule has 0 spiro atoms. The van der Waals surface area contributed by atoms with Crippen LogP contribution in [0.5, 0.6) is 0 Å². The number of rotatable bonds is 7. The van der Waals surface area contributed by atoms with Crippen molar-refractivity contribution < 1.29 is 4.79 Å². The first-order valence-electron chi connectivity index (χ1n) is 5.11. The molecule has 0 aromatic heterocycles. The third-order valence-corrected chi connectivity index (χ3v) is 3.14. The predicted octanol–water partition coefficient (Wildman–Crippen LogP) is 3.38. The summed E-state index contributed by atoms with van der Waals surface area (Å²) in [5.41, 5.74) is 0. The van der Waals surface area contributed by atoms with Crippen LogP contribution in [0.2, 0.25) is 0 Å². The molecule has 0 radical (unpaired) electrons. The molecule has 0 aliphatic rings. The molecule has 0 aromatic rings. The summed E-state index contributed by atoms with van der Waals surface area (Å²) in [6, 6.07) is 0. The molecular formula is C11H22OS. The number of thioether (sulfide) groups is 1. The quantitative estimate of drug-likeness (QED) is 0.629. The fraction of sp³-hybridized carbons (Fsp3) is 0.909. The minimum Gasteiger partial charge on any atom is -0.299 e. The fourth-order valence-electron chi connectivity index (χ4n) is 0.930. The van der Waals surface area contributed by atoms with Gasteiger partial charge in [-0.3, -0.25) is 4.79 Å². The molecule has 0 unspecified atom stereocenters. The van der Waals surface area contributed by atoms with Crippen LogP contribution in [-0.2, 0) is 4.79 Å². The van der Waals surface area contributed by atoms with E-state index >= 15 is 0 Å². The summed E-state index contributed by atoms with van der Waals surface area (Å²) in [7, 11) is 0. The first-order chi connectivity index (χ1) is 6.02. The molecule has 78 valence electrons. The zero-order valence-corrected chi connectivity index (χ0v) is 10.1. The third kappa shape index (κ3) is 9.94. The highest BCUT2D eigenvalue weighted by atomic mass is 32.2. The van der Waals surface area contributed by atoms with Crippen molar-refractivity contribution in [1.29, 1.82) is 0 Å². The average molecular weight is 202 g/mol. The molecule has 1 nitrogen and oxygen atoms in total. The van der Waals surface area contributed by atoms with Gasteiger partial charge < -0.3 is 0 Å². The van der Waals surface area contributed by atoms with Gasteiger partial charge in [-0.15, -0.1) is 0 Å². The van der Waals surface area contributed by atoms with Crippen molar-refractivity contribution in [2.45, 2.75) is 40.5 Å². The van der Waals surface area contributed by atoms with Crippen molar-refractivity contribution in [2.75, 3.05) is 11.5 Å². The smallest absolute Gasteiger partial charge is 0.142 e. The fourth-order valence-corrected chi connectivity index (χ4v) is 1.89. The molecule has 0 bridgehead atoms. The first-order valence-corrected chi connectivity index (χ1v) is 6.27. The van der Waals surface area contributed by atoms with Crippen LogP contribution in [0, 0.1) is 11.8 Å². The van der Waals surface area contributed by atoms with Crippen molar-refractivity contribution in [1.82, 2.24) is 0 Å². The van der Waals surface area contributed by atoms with Crippen LogP contribution in [0.1, 0.15) is 40.5 Å². The summed E-state index contributed by atoms with van der Waals surface area (Å²) >= 11 is 1.77. The Bertz CT molecular complexity index is 141. The lowest BCUT2D eigenvalue weighted by Crippen LogP contribution is -2.05. The Hall–Kier alpha value is 0.0200. The van der Waals surface area contributed by atoms with Crippen LogP contribution in [0.4, 0.5) is 0 Å². The number of hydrogen-bond acceptors (Lipinski definition) is 2. The Labute approximate surface area is 86.7 Å². The van der Waals surface area contributed by atoms with E-state index in [9.17, 15) is 4.79 Å². The first kappa shape index (κ1) is 13.0. The summed E-state index contributed by atoms with van der Waals surface area (Å²) in [6.45, 7) is 8.69. The van der Waals surface area contributed by atoms with Gasteiger partial charge in [-0.05, 0) is 24.0 Å². The van der Waals surface area contributed by atoms with Gasteiger partial charge in [0.05, 0.1) is 5.75 Å². The van der Waals surface area contributed by atoms with E-state index in [1.165, 1.54) is 0 Å². The van der Waals surface area contributed by atoms with Crippen LogP contribution < -0.4 is 0 Å². The highest BCUT2D eigenvalue weighted by Crippen LogP contribution is 2.10. The molecule has 0 heterocycles. The molecule has 0 saturated carbocycles. The SMILES string of the molecule is CC(C)CCC(=O)CSCC(C)C. The zero-order valence-electron chi connectivity index (χ0n) is 9.30. The van der Waals surface area contributed by atoms with Gasteiger partial charge in [0.15, 0.2) is 0 Å². The van der Waals surface area contributed by atoms with Gasteiger partial charge in [0.1, 0.15) is 5.78 Å². The molecule has 13 heavy (non-hydrogen) atoms. The summed E-state index contributed by atoms with van der Waals surface area (Å²) in [5.74, 6) is 3.58. The minimum absolute atomic E-state index is 0.416. The van der Waals surface area contributed by atoms with E-state index in [1.54, 1.807) is 11.8 Å². The molecule has 0 N–H and O–H groups in total. The minimum atomic E-state index is 0.416. The van der Waals surface area contributed by atoms with Gasteiger partial charge in [0.2, 0.25) is 0 Å². The van der Waals surface area contributed by atoms with Crippen LogP contribution in [0.25, 0.3) is 0 Å². The lowest BCUT2D eigenvalue weighted by atomic mass is 10.1. The summed E-state index contributed by atoms with van der Waals surface area (Å²) in [6.07, 6.45) is 1.81. The Morgan fingerprint density at radius 3 is 2.23 bits per heavy atom. The Morgan fingerprint density at radius 2 is 1.77 bits per heavy atom. The monoisotopic (exact) mass is 202 g/mol. The van der Waals surface area contributed by atoms with Crippen LogP contribution >= 0.6 is 11.8 Å². The van der Waals surface area contributed by atoms with Crippen molar-refractivity contribution in [3.8, 4) is 0 Å². The maximum atomic E-state index is 11.3. The zero-order chi connectivity index (χ0) is 10.3. The number of carbonyl (C=O) groups excluding carboxylic acids is 1. The summed E-state index contributed by atoms with van der Waals surface area (Å²) in [5, 5.41) is 0. The molecule has 0 aliphatic heterocycles. The second kappa shape index (κ2) is 7.43. The topological polar surface area (TPSA) is 17.1 Å². The molecule has 0 fully saturated rings. The van der Waals surface area contributed by atoms with E-state index in [0.29, 0.717) is 23.4 Å². The van der Waals surface area contributed by atoms with Gasteiger partial charge in [-0.2, -0.15) is 11.8 Å². The molecule has 0 saturated heterocycles. The maximum Gasteiger partial charge on any atom is 0.142 e.